The van der Waals surface area contributed by atoms with E-state index in [0.717, 1.165) is 26.9 Å². The third-order valence-corrected chi connectivity index (χ3v) is 4.83. The van der Waals surface area contributed by atoms with E-state index in [2.05, 4.69) is 25.9 Å². The fourth-order valence-electron chi connectivity index (χ4n) is 2.45. The zero-order chi connectivity index (χ0) is 16.0. The first-order valence-electron chi connectivity index (χ1n) is 6.45. The molecule has 3 aromatic rings. The summed E-state index contributed by atoms with van der Waals surface area (Å²) >= 11 is 15.6. The average molecular weight is 401 g/mol. The van der Waals surface area contributed by atoms with Crippen LogP contribution in [0.15, 0.2) is 22.7 Å². The molecule has 3 rings (SSSR count). The van der Waals surface area contributed by atoms with Crippen molar-refractivity contribution in [2.24, 2.45) is 7.05 Å². The van der Waals surface area contributed by atoms with Gasteiger partial charge >= 0.3 is 0 Å². The number of nitrogens with zero attached hydrogens (tertiary/aromatic N) is 3. The number of imidazole rings is 1. The highest BCUT2D eigenvalue weighted by Gasteiger charge is 2.19. The molecule has 0 aliphatic heterocycles. The number of ether oxygens (including phenoxy) is 1. The van der Waals surface area contributed by atoms with Gasteiger partial charge in [-0.3, -0.25) is 0 Å². The maximum Gasteiger partial charge on any atom is 0.179 e. The highest BCUT2D eigenvalue weighted by atomic mass is 79.9. The van der Waals surface area contributed by atoms with Gasteiger partial charge in [0.15, 0.2) is 5.65 Å². The Balaban J connectivity index is 2.34. The number of hydrogen-bond donors (Lipinski definition) is 0. The van der Waals surface area contributed by atoms with Crippen molar-refractivity contribution in [1.82, 2.24) is 14.5 Å². The van der Waals surface area contributed by atoms with Crippen LogP contribution < -0.4 is 4.74 Å². The van der Waals surface area contributed by atoms with Gasteiger partial charge in [-0.25, -0.2) is 9.97 Å². The zero-order valence-corrected chi connectivity index (χ0v) is 15.2. The summed E-state index contributed by atoms with van der Waals surface area (Å²) in [4.78, 5) is 8.91. The van der Waals surface area contributed by atoms with Crippen LogP contribution in [0, 0.1) is 6.92 Å². The molecule has 0 saturated carbocycles. The fraction of sp³-hybridized carbons (Fsp3) is 0.200. The van der Waals surface area contributed by atoms with Gasteiger partial charge in [0.1, 0.15) is 16.7 Å². The minimum Gasteiger partial charge on any atom is -0.496 e. The molecule has 0 bridgehead atoms. The lowest BCUT2D eigenvalue weighted by Gasteiger charge is -2.12. The van der Waals surface area contributed by atoms with E-state index in [0.29, 0.717) is 21.6 Å². The van der Waals surface area contributed by atoms with Crippen LogP contribution in [-0.2, 0) is 7.05 Å². The predicted molar refractivity (Wildman–Crippen MR) is 93.0 cm³/mol. The van der Waals surface area contributed by atoms with Crippen molar-refractivity contribution >= 4 is 50.3 Å². The number of benzene rings is 1. The monoisotopic (exact) mass is 399 g/mol. The molecule has 1 aromatic carbocycles. The number of fused-ring (bicyclic) bond motifs is 1. The summed E-state index contributed by atoms with van der Waals surface area (Å²) in [7, 11) is 3.54. The number of hydrogen-bond acceptors (Lipinski definition) is 3. The van der Waals surface area contributed by atoms with Gasteiger partial charge in [0.25, 0.3) is 0 Å². The average Bonchev–Trinajstić information content (AvgIpc) is 2.75. The first-order valence-corrected chi connectivity index (χ1v) is 8.00. The van der Waals surface area contributed by atoms with Crippen molar-refractivity contribution in [2.45, 2.75) is 6.92 Å². The Kier molecular flexibility index (Phi) is 4.05. The van der Waals surface area contributed by atoms with E-state index in [-0.39, 0.29) is 0 Å². The molecule has 2 aromatic heterocycles. The molecule has 0 amide bonds. The third kappa shape index (κ3) is 2.47. The van der Waals surface area contributed by atoms with E-state index in [4.69, 9.17) is 27.9 Å². The Hall–Kier alpha value is -1.30. The van der Waals surface area contributed by atoms with Crippen molar-refractivity contribution in [3.8, 4) is 17.1 Å². The quantitative estimate of drug-likeness (QED) is 0.567. The standard InChI is InChI=1S/C15H12BrCl2N3O/c1-7-4-8(17)5-11(22-3)12(7)15-20-14-10(21(15)2)6-9(16)13(18)19-14/h4-6H,1-3H3. The van der Waals surface area contributed by atoms with Crippen LogP contribution in [0.1, 0.15) is 5.56 Å². The lowest BCUT2D eigenvalue weighted by molar-refractivity contribution is 0.415. The highest BCUT2D eigenvalue weighted by molar-refractivity contribution is 9.10. The summed E-state index contributed by atoms with van der Waals surface area (Å²) < 4.78 is 8.16. The topological polar surface area (TPSA) is 39.9 Å². The van der Waals surface area contributed by atoms with Crippen LogP contribution in [0.5, 0.6) is 5.75 Å². The molecular weight excluding hydrogens is 389 g/mol. The molecule has 2 heterocycles. The van der Waals surface area contributed by atoms with Crippen molar-refractivity contribution in [3.63, 3.8) is 0 Å². The van der Waals surface area contributed by atoms with Crippen molar-refractivity contribution in [2.75, 3.05) is 7.11 Å². The fourth-order valence-corrected chi connectivity index (χ4v) is 3.15. The second kappa shape index (κ2) is 5.72. The number of pyridine rings is 1. The molecule has 0 aliphatic carbocycles. The third-order valence-electron chi connectivity index (χ3n) is 3.49. The summed E-state index contributed by atoms with van der Waals surface area (Å²) in [5.74, 6) is 1.43. The first kappa shape index (κ1) is 15.6. The predicted octanol–water partition coefficient (Wildman–Crippen LogP) is 5.02. The molecule has 22 heavy (non-hydrogen) atoms. The maximum atomic E-state index is 6.11. The van der Waals surface area contributed by atoms with Crippen LogP contribution >= 0.6 is 39.1 Å². The molecular formula is C15H12BrCl2N3O. The summed E-state index contributed by atoms with van der Waals surface area (Å²) in [6.45, 7) is 1.97. The van der Waals surface area contributed by atoms with Gasteiger partial charge in [0, 0.05) is 12.1 Å². The van der Waals surface area contributed by atoms with E-state index >= 15 is 0 Å². The number of aryl methyl sites for hydroxylation is 2. The SMILES string of the molecule is COc1cc(Cl)cc(C)c1-c1nc2nc(Cl)c(Br)cc2n1C. The number of aromatic nitrogens is 3. The van der Waals surface area contributed by atoms with E-state index < -0.39 is 0 Å². The summed E-state index contributed by atoms with van der Waals surface area (Å²) in [5.41, 5.74) is 3.33. The molecule has 0 saturated heterocycles. The van der Waals surface area contributed by atoms with E-state index in [1.807, 2.05) is 30.7 Å². The molecule has 0 atom stereocenters. The van der Waals surface area contributed by atoms with Gasteiger partial charge in [-0.1, -0.05) is 23.2 Å². The lowest BCUT2D eigenvalue weighted by atomic mass is 10.1. The van der Waals surface area contributed by atoms with Crippen molar-refractivity contribution in [3.05, 3.63) is 38.4 Å². The number of halogens is 3. The van der Waals surface area contributed by atoms with Crippen molar-refractivity contribution in [1.29, 1.82) is 0 Å². The minimum atomic E-state index is 0.386. The molecule has 0 fully saturated rings. The van der Waals surface area contributed by atoms with Crippen molar-refractivity contribution < 1.29 is 4.74 Å². The smallest absolute Gasteiger partial charge is 0.179 e. The van der Waals surface area contributed by atoms with Gasteiger partial charge in [-0.05, 0) is 46.6 Å². The van der Waals surface area contributed by atoms with Gasteiger partial charge in [0.2, 0.25) is 0 Å². The van der Waals surface area contributed by atoms with Crippen LogP contribution in [-0.4, -0.2) is 21.6 Å². The number of rotatable bonds is 2. The molecule has 0 aliphatic rings. The van der Waals surface area contributed by atoms with Crippen LogP contribution in [0.3, 0.4) is 0 Å². The van der Waals surface area contributed by atoms with Crippen LogP contribution in [0.2, 0.25) is 10.2 Å². The normalized spacial score (nSPS) is 11.2. The van der Waals surface area contributed by atoms with Gasteiger partial charge in [0.05, 0.1) is 22.7 Å². The molecule has 4 nitrogen and oxygen atoms in total. The summed E-state index contributed by atoms with van der Waals surface area (Å²) in [6.07, 6.45) is 0. The van der Waals surface area contributed by atoms with E-state index in [9.17, 15) is 0 Å². The molecule has 0 spiro atoms. The highest BCUT2D eigenvalue weighted by Crippen LogP contribution is 2.37. The molecule has 114 valence electrons. The molecule has 0 unspecified atom stereocenters. The Bertz CT molecular complexity index is 892. The second-order valence-corrected chi connectivity index (χ2v) is 6.55. The minimum absolute atomic E-state index is 0.386. The van der Waals surface area contributed by atoms with Crippen LogP contribution in [0.4, 0.5) is 0 Å². The van der Waals surface area contributed by atoms with E-state index in [1.54, 1.807) is 13.2 Å². The summed E-state index contributed by atoms with van der Waals surface area (Å²) in [5, 5.41) is 1.01. The molecule has 0 N–H and O–H groups in total. The summed E-state index contributed by atoms with van der Waals surface area (Å²) in [6, 6.07) is 5.56. The Morgan fingerprint density at radius 1 is 1.18 bits per heavy atom. The lowest BCUT2D eigenvalue weighted by Crippen LogP contribution is -1.98. The van der Waals surface area contributed by atoms with Gasteiger partial charge < -0.3 is 9.30 Å². The number of methoxy groups -OCH3 is 1. The van der Waals surface area contributed by atoms with Crippen LogP contribution in [0.25, 0.3) is 22.6 Å². The second-order valence-electron chi connectivity index (χ2n) is 4.90. The Labute approximate surface area is 146 Å². The first-order chi connectivity index (χ1) is 10.4. The maximum absolute atomic E-state index is 6.11. The van der Waals surface area contributed by atoms with Gasteiger partial charge in [-0.2, -0.15) is 0 Å². The Morgan fingerprint density at radius 3 is 2.59 bits per heavy atom. The largest absolute Gasteiger partial charge is 0.496 e. The molecule has 0 radical (unpaired) electrons. The van der Waals surface area contributed by atoms with E-state index in [1.165, 1.54) is 0 Å². The van der Waals surface area contributed by atoms with Gasteiger partial charge in [-0.15, -0.1) is 0 Å². The zero-order valence-electron chi connectivity index (χ0n) is 12.1. The molecule has 7 heteroatoms. The Morgan fingerprint density at radius 2 is 1.91 bits per heavy atom.